The van der Waals surface area contributed by atoms with Gasteiger partial charge in [-0.25, -0.2) is 4.79 Å². The maximum Gasteiger partial charge on any atom is 0.337 e. The highest BCUT2D eigenvalue weighted by Gasteiger charge is 2.32. The topological polar surface area (TPSA) is 51.5 Å². The van der Waals surface area contributed by atoms with E-state index in [9.17, 15) is 9.90 Å². The van der Waals surface area contributed by atoms with Crippen LogP contribution >= 0.6 is 0 Å². The van der Waals surface area contributed by atoms with Crippen molar-refractivity contribution in [3.8, 4) is 17.0 Å². The van der Waals surface area contributed by atoms with Gasteiger partial charge in [0.05, 0.1) is 18.4 Å². The molecule has 2 aromatic rings. The Hall–Kier alpha value is -2.23. The third kappa shape index (κ3) is 1.97. The molecule has 1 N–H and O–H groups in total. The van der Waals surface area contributed by atoms with E-state index in [-0.39, 0.29) is 0 Å². The van der Waals surface area contributed by atoms with Crippen LogP contribution in [0.25, 0.3) is 11.3 Å². The first-order valence-corrected chi connectivity index (χ1v) is 6.69. The van der Waals surface area contributed by atoms with Crippen molar-refractivity contribution in [1.29, 1.82) is 0 Å². The molecule has 3 rings (SSSR count). The summed E-state index contributed by atoms with van der Waals surface area (Å²) in [4.78, 5) is 11.5. The van der Waals surface area contributed by atoms with Gasteiger partial charge < -0.3 is 14.4 Å². The molecule has 0 spiro atoms. The summed E-state index contributed by atoms with van der Waals surface area (Å²) >= 11 is 0. The first kappa shape index (κ1) is 12.8. The van der Waals surface area contributed by atoms with Crippen molar-refractivity contribution in [3.63, 3.8) is 0 Å². The maximum absolute atomic E-state index is 11.5. The van der Waals surface area contributed by atoms with Crippen molar-refractivity contribution in [3.05, 3.63) is 41.6 Å². The van der Waals surface area contributed by atoms with Gasteiger partial charge in [-0.3, -0.25) is 0 Å². The van der Waals surface area contributed by atoms with Gasteiger partial charge in [-0.15, -0.1) is 0 Å². The first-order chi connectivity index (χ1) is 9.63. The average molecular weight is 271 g/mol. The number of carboxylic acid groups (broad SMARTS) is 1. The van der Waals surface area contributed by atoms with Gasteiger partial charge in [0.2, 0.25) is 0 Å². The van der Waals surface area contributed by atoms with E-state index in [4.69, 9.17) is 4.74 Å². The second kappa shape index (κ2) is 4.71. The fraction of sp³-hybridized carbons (Fsp3) is 0.312. The number of benzene rings is 1. The zero-order valence-corrected chi connectivity index (χ0v) is 11.6. The second-order valence-electron chi connectivity index (χ2n) is 5.17. The minimum absolute atomic E-state index is 0.384. The fourth-order valence-corrected chi connectivity index (χ4v) is 2.75. The molecular weight excluding hydrogens is 254 g/mol. The van der Waals surface area contributed by atoms with E-state index in [2.05, 4.69) is 0 Å². The SMILES string of the molecule is COc1ccccc1-c1cc(C(=O)O)c(C2CC2)n1C. The lowest BCUT2D eigenvalue weighted by molar-refractivity contribution is 0.0695. The highest BCUT2D eigenvalue weighted by atomic mass is 16.5. The predicted molar refractivity (Wildman–Crippen MR) is 76.3 cm³/mol. The average Bonchev–Trinajstić information content (AvgIpc) is 3.22. The van der Waals surface area contributed by atoms with Crippen LogP contribution in [0, 0.1) is 0 Å². The van der Waals surface area contributed by atoms with Gasteiger partial charge in [0.25, 0.3) is 0 Å². The van der Waals surface area contributed by atoms with Crippen molar-refractivity contribution in [1.82, 2.24) is 4.57 Å². The van der Waals surface area contributed by atoms with Gasteiger partial charge in [0, 0.05) is 24.2 Å². The van der Waals surface area contributed by atoms with Gasteiger partial charge in [-0.05, 0) is 31.0 Å². The maximum atomic E-state index is 11.5. The molecule has 0 atom stereocenters. The van der Waals surface area contributed by atoms with Crippen LogP contribution in [0.5, 0.6) is 5.75 Å². The van der Waals surface area contributed by atoms with Gasteiger partial charge >= 0.3 is 5.97 Å². The van der Waals surface area contributed by atoms with Crippen LogP contribution in [0.3, 0.4) is 0 Å². The van der Waals surface area contributed by atoms with E-state index in [1.54, 1.807) is 13.2 Å². The van der Waals surface area contributed by atoms with E-state index in [1.165, 1.54) is 0 Å². The number of rotatable bonds is 4. The minimum atomic E-state index is -0.858. The first-order valence-electron chi connectivity index (χ1n) is 6.69. The molecule has 20 heavy (non-hydrogen) atoms. The molecule has 1 saturated carbocycles. The van der Waals surface area contributed by atoms with Crippen LogP contribution in [0.15, 0.2) is 30.3 Å². The van der Waals surface area contributed by atoms with E-state index in [0.29, 0.717) is 11.5 Å². The molecule has 0 amide bonds. The Balaban J connectivity index is 2.19. The van der Waals surface area contributed by atoms with Crippen molar-refractivity contribution in [2.45, 2.75) is 18.8 Å². The monoisotopic (exact) mass is 271 g/mol. The number of aromatic carboxylic acids is 1. The molecule has 0 unspecified atom stereocenters. The lowest BCUT2D eigenvalue weighted by Gasteiger charge is -2.11. The van der Waals surface area contributed by atoms with Crippen LogP contribution in [0.1, 0.15) is 34.8 Å². The molecule has 4 nitrogen and oxygen atoms in total. The standard InChI is InChI=1S/C16H17NO3/c1-17-13(11-5-3-4-6-14(11)20-2)9-12(16(18)19)15(17)10-7-8-10/h3-6,9-10H,7-8H2,1-2H3,(H,18,19). The third-order valence-corrected chi connectivity index (χ3v) is 3.86. The highest BCUT2D eigenvalue weighted by molar-refractivity contribution is 5.92. The molecule has 1 aliphatic carbocycles. The van der Waals surface area contributed by atoms with Gasteiger partial charge in [0.1, 0.15) is 5.75 Å². The predicted octanol–water partition coefficient (Wildman–Crippen LogP) is 3.28. The van der Waals surface area contributed by atoms with Crippen LogP contribution in [-0.4, -0.2) is 22.8 Å². The second-order valence-corrected chi connectivity index (χ2v) is 5.17. The largest absolute Gasteiger partial charge is 0.496 e. The van der Waals surface area contributed by atoms with E-state index in [0.717, 1.165) is 35.5 Å². The molecule has 1 aromatic carbocycles. The fourth-order valence-electron chi connectivity index (χ4n) is 2.75. The summed E-state index contributed by atoms with van der Waals surface area (Å²) in [5.41, 5.74) is 3.16. The van der Waals surface area contributed by atoms with Crippen LogP contribution in [0.4, 0.5) is 0 Å². The number of methoxy groups -OCH3 is 1. The zero-order valence-electron chi connectivity index (χ0n) is 11.6. The lowest BCUT2D eigenvalue weighted by Crippen LogP contribution is -2.03. The summed E-state index contributed by atoms with van der Waals surface area (Å²) in [7, 11) is 3.56. The molecule has 1 heterocycles. The highest BCUT2D eigenvalue weighted by Crippen LogP contribution is 2.44. The number of ether oxygens (including phenoxy) is 1. The summed E-state index contributed by atoms with van der Waals surface area (Å²) in [6.07, 6.45) is 2.15. The summed E-state index contributed by atoms with van der Waals surface area (Å²) in [5.74, 6) is 0.283. The lowest BCUT2D eigenvalue weighted by atomic mass is 10.1. The van der Waals surface area contributed by atoms with Crippen molar-refractivity contribution in [2.24, 2.45) is 7.05 Å². The molecule has 0 aliphatic heterocycles. The molecule has 1 fully saturated rings. The normalized spacial score (nSPS) is 14.3. The summed E-state index contributed by atoms with van der Waals surface area (Å²) < 4.78 is 7.38. The molecule has 1 aliphatic rings. The molecule has 0 radical (unpaired) electrons. The quantitative estimate of drug-likeness (QED) is 0.928. The van der Waals surface area contributed by atoms with Gasteiger partial charge in [-0.1, -0.05) is 12.1 Å². The van der Waals surface area contributed by atoms with Crippen LogP contribution in [0.2, 0.25) is 0 Å². The molecule has 0 bridgehead atoms. The Labute approximate surface area is 117 Å². The van der Waals surface area contributed by atoms with E-state index >= 15 is 0 Å². The van der Waals surface area contributed by atoms with Crippen molar-refractivity contribution in [2.75, 3.05) is 7.11 Å². The molecule has 1 aromatic heterocycles. The van der Waals surface area contributed by atoms with E-state index < -0.39 is 5.97 Å². The summed E-state index contributed by atoms with van der Waals surface area (Å²) in [5, 5.41) is 9.41. The van der Waals surface area contributed by atoms with Crippen molar-refractivity contribution >= 4 is 5.97 Å². The Morgan fingerprint density at radius 3 is 2.65 bits per heavy atom. The van der Waals surface area contributed by atoms with Crippen LogP contribution < -0.4 is 4.74 Å². The Bertz CT molecular complexity index is 668. The summed E-state index contributed by atoms with van der Waals surface area (Å²) in [6, 6.07) is 9.44. The van der Waals surface area contributed by atoms with Crippen LogP contribution in [-0.2, 0) is 7.05 Å². The Morgan fingerprint density at radius 2 is 2.05 bits per heavy atom. The Kier molecular flexibility index (Phi) is 3.01. The minimum Gasteiger partial charge on any atom is -0.496 e. The Morgan fingerprint density at radius 1 is 1.35 bits per heavy atom. The molecule has 4 heteroatoms. The number of para-hydroxylation sites is 1. The molecular formula is C16H17NO3. The number of hydrogen-bond donors (Lipinski definition) is 1. The number of carboxylic acids is 1. The third-order valence-electron chi connectivity index (χ3n) is 3.86. The summed E-state index contributed by atoms with van der Waals surface area (Å²) in [6.45, 7) is 0. The van der Waals surface area contributed by atoms with Gasteiger partial charge in [-0.2, -0.15) is 0 Å². The van der Waals surface area contributed by atoms with E-state index in [1.807, 2.05) is 35.9 Å². The smallest absolute Gasteiger partial charge is 0.337 e. The molecule has 104 valence electrons. The number of nitrogens with zero attached hydrogens (tertiary/aromatic N) is 1. The number of carbonyl (C=O) groups is 1. The zero-order chi connectivity index (χ0) is 14.3. The number of aromatic nitrogens is 1. The molecule has 0 saturated heterocycles. The number of hydrogen-bond acceptors (Lipinski definition) is 2. The van der Waals surface area contributed by atoms with Gasteiger partial charge in [0.15, 0.2) is 0 Å². The van der Waals surface area contributed by atoms with Crippen molar-refractivity contribution < 1.29 is 14.6 Å².